The molecule has 1 N–H and O–H groups in total. The highest BCUT2D eigenvalue weighted by molar-refractivity contribution is 5.31. The van der Waals surface area contributed by atoms with Gasteiger partial charge in [-0.1, -0.05) is 11.8 Å². The summed E-state index contributed by atoms with van der Waals surface area (Å²) in [4.78, 5) is 3.58. The highest BCUT2D eigenvalue weighted by Gasteiger charge is 1.89. The number of hydrogen-bond acceptors (Lipinski definition) is 2. The highest BCUT2D eigenvalue weighted by atomic mass is 19.1. The fourth-order valence-corrected chi connectivity index (χ4v) is 0.622. The zero-order valence-electron chi connectivity index (χ0n) is 5.71. The van der Waals surface area contributed by atoms with Gasteiger partial charge in [-0.15, -0.1) is 0 Å². The van der Waals surface area contributed by atoms with E-state index in [-0.39, 0.29) is 6.61 Å². The average Bonchev–Trinajstić information content (AvgIpc) is 2.01. The van der Waals surface area contributed by atoms with Gasteiger partial charge < -0.3 is 5.11 Å². The number of hydrogen-bond donors (Lipinski definition) is 1. The van der Waals surface area contributed by atoms with Crippen molar-refractivity contribution in [1.82, 2.24) is 4.98 Å². The molecular weight excluding hydrogens is 145 g/mol. The third kappa shape index (κ3) is 2.36. The Labute approximate surface area is 63.7 Å². The molecule has 0 radical (unpaired) electrons. The van der Waals surface area contributed by atoms with E-state index in [1.54, 1.807) is 0 Å². The maximum absolute atomic E-state index is 12.4. The molecule has 2 nitrogen and oxygen atoms in total. The SMILES string of the molecule is OCC#Cc1cncc(F)c1. The molecule has 0 saturated carbocycles. The molecule has 0 aromatic carbocycles. The van der Waals surface area contributed by atoms with Crippen molar-refractivity contribution in [3.8, 4) is 11.8 Å². The zero-order chi connectivity index (χ0) is 8.10. The maximum atomic E-state index is 12.4. The van der Waals surface area contributed by atoms with Gasteiger partial charge in [-0.25, -0.2) is 4.39 Å². The number of rotatable bonds is 0. The first-order valence-electron chi connectivity index (χ1n) is 3.03. The molecule has 1 aromatic heterocycles. The van der Waals surface area contributed by atoms with Crippen molar-refractivity contribution < 1.29 is 9.50 Å². The number of aliphatic hydroxyl groups excluding tert-OH is 1. The third-order valence-corrected chi connectivity index (χ3v) is 1.02. The van der Waals surface area contributed by atoms with Crippen LogP contribution in [-0.2, 0) is 0 Å². The molecular formula is C8H6FNO. The number of halogens is 1. The standard InChI is InChI=1S/C8H6FNO/c9-8-4-7(2-1-3-11)5-10-6-8/h4-6,11H,3H2. The molecule has 0 amide bonds. The van der Waals surface area contributed by atoms with Crippen molar-refractivity contribution in [3.63, 3.8) is 0 Å². The Bertz CT molecular complexity index is 300. The molecule has 0 aliphatic carbocycles. The quantitative estimate of drug-likeness (QED) is 0.550. The van der Waals surface area contributed by atoms with Crippen LogP contribution in [0.2, 0.25) is 0 Å². The van der Waals surface area contributed by atoms with E-state index in [0.29, 0.717) is 5.56 Å². The molecule has 0 aliphatic rings. The minimum Gasteiger partial charge on any atom is -0.384 e. The minimum absolute atomic E-state index is 0.226. The van der Waals surface area contributed by atoms with Gasteiger partial charge in [-0.3, -0.25) is 4.98 Å². The zero-order valence-corrected chi connectivity index (χ0v) is 5.71. The van der Waals surface area contributed by atoms with Crippen LogP contribution >= 0.6 is 0 Å². The van der Waals surface area contributed by atoms with E-state index < -0.39 is 5.82 Å². The fraction of sp³-hybridized carbons (Fsp3) is 0.125. The Balaban J connectivity index is 2.87. The largest absolute Gasteiger partial charge is 0.384 e. The highest BCUT2D eigenvalue weighted by Crippen LogP contribution is 1.97. The monoisotopic (exact) mass is 151 g/mol. The molecule has 0 bridgehead atoms. The molecule has 0 saturated heterocycles. The lowest BCUT2D eigenvalue weighted by molar-refractivity contribution is 0.350. The number of aromatic nitrogens is 1. The van der Waals surface area contributed by atoms with Gasteiger partial charge in [0.2, 0.25) is 0 Å². The normalized spacial score (nSPS) is 8.55. The summed E-state index contributed by atoms with van der Waals surface area (Å²) in [6.45, 7) is -0.226. The van der Waals surface area contributed by atoms with Crippen molar-refractivity contribution in [1.29, 1.82) is 0 Å². The first-order chi connectivity index (χ1) is 5.33. The molecule has 56 valence electrons. The lowest BCUT2D eigenvalue weighted by atomic mass is 10.3. The van der Waals surface area contributed by atoms with Crippen LogP contribution in [0.3, 0.4) is 0 Å². The first kappa shape index (κ1) is 7.70. The molecule has 0 atom stereocenters. The van der Waals surface area contributed by atoms with Crippen LogP contribution in [0.25, 0.3) is 0 Å². The summed E-state index contributed by atoms with van der Waals surface area (Å²) in [7, 11) is 0. The Hall–Kier alpha value is -1.40. The lowest BCUT2D eigenvalue weighted by Crippen LogP contribution is -1.81. The van der Waals surface area contributed by atoms with Gasteiger partial charge in [0.15, 0.2) is 0 Å². The van der Waals surface area contributed by atoms with Crippen LogP contribution in [0.15, 0.2) is 18.5 Å². The van der Waals surface area contributed by atoms with Gasteiger partial charge in [0.05, 0.1) is 6.20 Å². The number of nitrogens with zero attached hydrogens (tertiary/aromatic N) is 1. The molecule has 1 rings (SSSR count). The summed E-state index contributed by atoms with van der Waals surface area (Å²) < 4.78 is 12.4. The van der Waals surface area contributed by atoms with E-state index in [4.69, 9.17) is 5.11 Å². The number of pyridine rings is 1. The summed E-state index contributed by atoms with van der Waals surface area (Å²) in [5.74, 6) is 4.50. The summed E-state index contributed by atoms with van der Waals surface area (Å²) in [5, 5.41) is 8.31. The first-order valence-corrected chi connectivity index (χ1v) is 3.03. The Kier molecular flexibility index (Phi) is 2.59. The van der Waals surface area contributed by atoms with E-state index in [1.807, 2.05) is 0 Å². The third-order valence-electron chi connectivity index (χ3n) is 1.02. The second-order valence-corrected chi connectivity index (χ2v) is 1.85. The van der Waals surface area contributed by atoms with Crippen molar-refractivity contribution in [2.75, 3.05) is 6.61 Å². The van der Waals surface area contributed by atoms with E-state index in [9.17, 15) is 4.39 Å². The van der Waals surface area contributed by atoms with Crippen LogP contribution in [0.5, 0.6) is 0 Å². The van der Waals surface area contributed by atoms with Crippen LogP contribution in [0, 0.1) is 17.7 Å². The summed E-state index contributed by atoms with van der Waals surface area (Å²) in [6.07, 6.45) is 2.54. The molecule has 0 aliphatic heterocycles. The topological polar surface area (TPSA) is 33.1 Å². The molecule has 11 heavy (non-hydrogen) atoms. The van der Waals surface area contributed by atoms with Crippen LogP contribution in [-0.4, -0.2) is 16.7 Å². The fourth-order valence-electron chi connectivity index (χ4n) is 0.622. The Morgan fingerprint density at radius 1 is 1.55 bits per heavy atom. The molecule has 1 aromatic rings. The average molecular weight is 151 g/mol. The van der Waals surface area contributed by atoms with Gasteiger partial charge >= 0.3 is 0 Å². The van der Waals surface area contributed by atoms with Crippen LogP contribution < -0.4 is 0 Å². The second kappa shape index (κ2) is 3.69. The van der Waals surface area contributed by atoms with Gasteiger partial charge in [0, 0.05) is 11.8 Å². The van der Waals surface area contributed by atoms with Crippen molar-refractivity contribution in [2.24, 2.45) is 0 Å². The summed E-state index contributed by atoms with van der Waals surface area (Å²) in [5.41, 5.74) is 0.471. The lowest BCUT2D eigenvalue weighted by Gasteiger charge is -1.87. The van der Waals surface area contributed by atoms with Crippen molar-refractivity contribution in [2.45, 2.75) is 0 Å². The van der Waals surface area contributed by atoms with Gasteiger partial charge in [-0.2, -0.15) is 0 Å². The predicted molar refractivity (Wildman–Crippen MR) is 38.2 cm³/mol. The van der Waals surface area contributed by atoms with E-state index in [1.165, 1.54) is 12.3 Å². The maximum Gasteiger partial charge on any atom is 0.142 e. The van der Waals surface area contributed by atoms with Crippen molar-refractivity contribution in [3.05, 3.63) is 29.8 Å². The van der Waals surface area contributed by atoms with Gasteiger partial charge in [0.25, 0.3) is 0 Å². The van der Waals surface area contributed by atoms with E-state index in [2.05, 4.69) is 16.8 Å². The second-order valence-electron chi connectivity index (χ2n) is 1.85. The van der Waals surface area contributed by atoms with E-state index >= 15 is 0 Å². The van der Waals surface area contributed by atoms with Gasteiger partial charge in [-0.05, 0) is 6.07 Å². The van der Waals surface area contributed by atoms with Crippen LogP contribution in [0.4, 0.5) is 4.39 Å². The van der Waals surface area contributed by atoms with Gasteiger partial charge in [0.1, 0.15) is 12.4 Å². The Morgan fingerprint density at radius 2 is 2.36 bits per heavy atom. The van der Waals surface area contributed by atoms with E-state index in [0.717, 1.165) is 6.20 Å². The van der Waals surface area contributed by atoms with Crippen molar-refractivity contribution >= 4 is 0 Å². The number of aliphatic hydroxyl groups is 1. The molecule has 0 unspecified atom stereocenters. The summed E-state index contributed by atoms with van der Waals surface area (Å²) in [6, 6.07) is 1.26. The molecule has 3 heteroatoms. The smallest absolute Gasteiger partial charge is 0.142 e. The summed E-state index contributed by atoms with van der Waals surface area (Å²) >= 11 is 0. The molecule has 1 heterocycles. The molecule has 0 fully saturated rings. The Morgan fingerprint density at radius 3 is 3.00 bits per heavy atom. The predicted octanol–water partition coefficient (Wildman–Crippen LogP) is 0.564. The minimum atomic E-state index is -0.422. The van der Waals surface area contributed by atoms with Crippen LogP contribution in [0.1, 0.15) is 5.56 Å². The molecule has 0 spiro atoms.